The molecule has 0 heterocycles. The van der Waals surface area contributed by atoms with Gasteiger partial charge in [0.2, 0.25) is 0 Å². The molecule has 25 heavy (non-hydrogen) atoms. The fraction of sp³-hybridized carbons (Fsp3) is 0.632. The summed E-state index contributed by atoms with van der Waals surface area (Å²) >= 11 is 0. The second kappa shape index (κ2) is 11.0. The highest BCUT2D eigenvalue weighted by Gasteiger charge is 2.23. The molecule has 0 aliphatic rings. The van der Waals surface area contributed by atoms with E-state index in [2.05, 4.69) is 43.5 Å². The van der Waals surface area contributed by atoms with Gasteiger partial charge >= 0.3 is 0 Å². The summed E-state index contributed by atoms with van der Waals surface area (Å²) in [4.78, 5) is 6.87. The Labute approximate surface area is 170 Å². The van der Waals surface area contributed by atoms with Gasteiger partial charge in [-0.25, -0.2) is 0 Å². The summed E-state index contributed by atoms with van der Waals surface area (Å²) in [7, 11) is 4.15. The summed E-state index contributed by atoms with van der Waals surface area (Å²) in [6, 6.07) is 9.70. The first-order valence-electron chi connectivity index (χ1n) is 8.61. The lowest BCUT2D eigenvalue weighted by Gasteiger charge is -2.28. The van der Waals surface area contributed by atoms with E-state index in [-0.39, 0.29) is 29.4 Å². The van der Waals surface area contributed by atoms with Crippen molar-refractivity contribution < 1.29 is 5.11 Å². The summed E-state index contributed by atoms with van der Waals surface area (Å²) in [5.41, 5.74) is 0.0333. The zero-order chi connectivity index (χ0) is 18.2. The highest BCUT2D eigenvalue weighted by molar-refractivity contribution is 14.0. The molecule has 1 atom stereocenters. The number of guanidine groups is 1. The highest BCUT2D eigenvalue weighted by Crippen LogP contribution is 2.19. The van der Waals surface area contributed by atoms with Crippen LogP contribution >= 0.6 is 24.0 Å². The molecule has 0 aromatic heterocycles. The van der Waals surface area contributed by atoms with Crippen LogP contribution in [0.2, 0.25) is 0 Å². The lowest BCUT2D eigenvalue weighted by atomic mass is 9.93. The lowest BCUT2D eigenvalue weighted by molar-refractivity contribution is 0.0617. The number of rotatable bonds is 8. The Kier molecular flexibility index (Phi) is 10.6. The molecule has 5 nitrogen and oxygen atoms in total. The van der Waals surface area contributed by atoms with Crippen LogP contribution in [0.5, 0.6) is 0 Å². The van der Waals surface area contributed by atoms with Crippen LogP contribution in [0.1, 0.15) is 33.3 Å². The number of hydrogen-bond donors (Lipinski definition) is 3. The summed E-state index contributed by atoms with van der Waals surface area (Å²) in [5, 5.41) is 17.2. The van der Waals surface area contributed by atoms with Gasteiger partial charge in [-0.05, 0) is 38.9 Å². The van der Waals surface area contributed by atoms with E-state index < -0.39 is 5.60 Å². The summed E-state index contributed by atoms with van der Waals surface area (Å²) in [5.74, 6) is 0.737. The number of aliphatic hydroxyl groups is 1. The van der Waals surface area contributed by atoms with Gasteiger partial charge in [0, 0.05) is 19.6 Å². The molecule has 1 unspecified atom stereocenters. The van der Waals surface area contributed by atoms with Crippen molar-refractivity contribution in [3.05, 3.63) is 35.9 Å². The molecule has 0 saturated carbocycles. The number of aliphatic imine (C=N–C) groups is 1. The Morgan fingerprint density at radius 1 is 1.12 bits per heavy atom. The van der Waals surface area contributed by atoms with E-state index in [1.54, 1.807) is 0 Å². The Bertz CT molecular complexity index is 515. The minimum absolute atomic E-state index is 0. The molecule has 0 spiro atoms. The van der Waals surface area contributed by atoms with Crippen molar-refractivity contribution in [2.75, 3.05) is 40.3 Å². The molecule has 1 aromatic rings. The average Bonchev–Trinajstić information content (AvgIpc) is 2.50. The Morgan fingerprint density at radius 3 is 2.24 bits per heavy atom. The number of hydrogen-bond acceptors (Lipinski definition) is 3. The van der Waals surface area contributed by atoms with Gasteiger partial charge in [-0.1, -0.05) is 44.2 Å². The molecule has 0 fully saturated rings. The maximum Gasteiger partial charge on any atom is 0.191 e. The summed E-state index contributed by atoms with van der Waals surface area (Å²) in [6.07, 6.45) is 0. The molecule has 1 aromatic carbocycles. The molecule has 144 valence electrons. The fourth-order valence-electron chi connectivity index (χ4n) is 2.70. The summed E-state index contributed by atoms with van der Waals surface area (Å²) < 4.78 is 0. The normalized spacial score (nSPS) is 14.6. The van der Waals surface area contributed by atoms with E-state index in [9.17, 15) is 5.11 Å². The van der Waals surface area contributed by atoms with Crippen molar-refractivity contribution in [3.63, 3.8) is 0 Å². The van der Waals surface area contributed by atoms with Gasteiger partial charge in [-0.3, -0.25) is 4.99 Å². The fourth-order valence-corrected chi connectivity index (χ4v) is 2.70. The summed E-state index contributed by atoms with van der Waals surface area (Å²) in [6.45, 7) is 11.1. The predicted molar refractivity (Wildman–Crippen MR) is 118 cm³/mol. The molecule has 3 N–H and O–H groups in total. The van der Waals surface area contributed by atoms with Gasteiger partial charge in [-0.2, -0.15) is 0 Å². The van der Waals surface area contributed by atoms with E-state index in [1.807, 2.05) is 44.2 Å². The van der Waals surface area contributed by atoms with Crippen LogP contribution in [-0.2, 0) is 5.60 Å². The molecule has 6 heteroatoms. The third-order valence-electron chi connectivity index (χ3n) is 3.75. The topological polar surface area (TPSA) is 59.9 Å². The molecular formula is C19H35IN4O. The largest absolute Gasteiger partial charge is 0.384 e. The molecule has 0 aliphatic carbocycles. The van der Waals surface area contributed by atoms with E-state index >= 15 is 0 Å². The zero-order valence-corrected chi connectivity index (χ0v) is 18.8. The number of halogens is 1. The molecule has 0 radical (unpaired) electrons. The van der Waals surface area contributed by atoms with Crippen molar-refractivity contribution >= 4 is 29.9 Å². The first-order chi connectivity index (χ1) is 11.2. The van der Waals surface area contributed by atoms with Crippen LogP contribution in [-0.4, -0.2) is 56.2 Å². The number of benzene rings is 1. The van der Waals surface area contributed by atoms with Crippen molar-refractivity contribution in [3.8, 4) is 0 Å². The standard InChI is InChI=1S/C19H34N4O.HI/c1-7-20-17(21-13-18(2,3)15-23(5)6)22-14-19(4,24)16-11-9-8-10-12-16;/h8-12,24H,7,13-15H2,1-6H3,(H2,20,21,22);1H. The van der Waals surface area contributed by atoms with E-state index in [0.29, 0.717) is 13.1 Å². The van der Waals surface area contributed by atoms with Crippen molar-refractivity contribution in [2.24, 2.45) is 10.4 Å². The van der Waals surface area contributed by atoms with Gasteiger partial charge < -0.3 is 20.6 Å². The van der Waals surface area contributed by atoms with Crippen LogP contribution in [0.4, 0.5) is 0 Å². The van der Waals surface area contributed by atoms with Gasteiger partial charge in [0.25, 0.3) is 0 Å². The second-order valence-corrected chi connectivity index (χ2v) is 7.59. The monoisotopic (exact) mass is 462 g/mol. The second-order valence-electron chi connectivity index (χ2n) is 7.59. The quantitative estimate of drug-likeness (QED) is 0.316. The SMILES string of the molecule is CCNC(=NCC(C)(C)CN(C)C)NCC(C)(O)c1ccccc1.I. The van der Waals surface area contributed by atoms with E-state index in [0.717, 1.165) is 24.6 Å². The molecule has 0 bridgehead atoms. The molecule has 0 amide bonds. The first-order valence-corrected chi connectivity index (χ1v) is 8.61. The lowest BCUT2D eigenvalue weighted by Crippen LogP contribution is -2.45. The van der Waals surface area contributed by atoms with Gasteiger partial charge in [0.1, 0.15) is 5.60 Å². The van der Waals surface area contributed by atoms with E-state index in [1.165, 1.54) is 0 Å². The molecular weight excluding hydrogens is 427 g/mol. The highest BCUT2D eigenvalue weighted by atomic mass is 127. The maximum atomic E-state index is 10.7. The Balaban J connectivity index is 0.00000576. The maximum absolute atomic E-state index is 10.7. The average molecular weight is 462 g/mol. The van der Waals surface area contributed by atoms with Crippen LogP contribution < -0.4 is 10.6 Å². The molecule has 0 aliphatic heterocycles. The van der Waals surface area contributed by atoms with Crippen molar-refractivity contribution in [1.29, 1.82) is 0 Å². The molecule has 1 rings (SSSR count). The van der Waals surface area contributed by atoms with Gasteiger partial charge in [0.15, 0.2) is 5.96 Å². The van der Waals surface area contributed by atoms with Gasteiger partial charge in [-0.15, -0.1) is 24.0 Å². The third kappa shape index (κ3) is 9.42. The van der Waals surface area contributed by atoms with Crippen LogP contribution in [0.25, 0.3) is 0 Å². The minimum Gasteiger partial charge on any atom is -0.384 e. The minimum atomic E-state index is -0.948. The van der Waals surface area contributed by atoms with Crippen LogP contribution in [0.15, 0.2) is 35.3 Å². The smallest absolute Gasteiger partial charge is 0.191 e. The Morgan fingerprint density at radius 2 is 1.72 bits per heavy atom. The number of nitrogens with one attached hydrogen (secondary N) is 2. The Hall–Kier alpha value is -0.860. The van der Waals surface area contributed by atoms with Crippen LogP contribution in [0, 0.1) is 5.41 Å². The molecule has 0 saturated heterocycles. The first kappa shape index (κ1) is 24.1. The third-order valence-corrected chi connectivity index (χ3v) is 3.75. The van der Waals surface area contributed by atoms with E-state index in [4.69, 9.17) is 4.99 Å². The number of nitrogens with zero attached hydrogens (tertiary/aromatic N) is 2. The van der Waals surface area contributed by atoms with Crippen molar-refractivity contribution in [1.82, 2.24) is 15.5 Å². The van der Waals surface area contributed by atoms with Crippen molar-refractivity contribution in [2.45, 2.75) is 33.3 Å². The zero-order valence-electron chi connectivity index (χ0n) is 16.5. The predicted octanol–water partition coefficient (Wildman–Crippen LogP) is 2.66. The van der Waals surface area contributed by atoms with Crippen LogP contribution in [0.3, 0.4) is 0 Å². The van der Waals surface area contributed by atoms with Gasteiger partial charge in [0.05, 0.1) is 6.54 Å².